The van der Waals surface area contributed by atoms with Crippen molar-refractivity contribution >= 4 is 11.6 Å². The van der Waals surface area contributed by atoms with Gasteiger partial charge in [0.05, 0.1) is 42.8 Å². The summed E-state index contributed by atoms with van der Waals surface area (Å²) in [4.78, 5) is 26.0. The Morgan fingerprint density at radius 2 is 1.80 bits per heavy atom. The molecule has 2 heterocycles. The van der Waals surface area contributed by atoms with E-state index in [1.807, 2.05) is 44.2 Å². The molecule has 1 fully saturated rings. The van der Waals surface area contributed by atoms with E-state index >= 15 is 0 Å². The highest BCUT2D eigenvalue weighted by molar-refractivity contribution is 5.96. The van der Waals surface area contributed by atoms with Crippen LogP contribution < -0.4 is 19.7 Å². The van der Waals surface area contributed by atoms with E-state index in [4.69, 9.17) is 9.47 Å². The third-order valence-electron chi connectivity index (χ3n) is 7.97. The van der Waals surface area contributed by atoms with Crippen LogP contribution in [0.3, 0.4) is 0 Å². The van der Waals surface area contributed by atoms with Crippen LogP contribution in [0.1, 0.15) is 59.1 Å². The maximum absolute atomic E-state index is 12.7. The highest BCUT2D eigenvalue weighted by Gasteiger charge is 2.28. The van der Waals surface area contributed by atoms with Gasteiger partial charge in [0.1, 0.15) is 6.33 Å². The van der Waals surface area contributed by atoms with Gasteiger partial charge >= 0.3 is 0 Å². The van der Waals surface area contributed by atoms with Gasteiger partial charge in [0.15, 0.2) is 11.5 Å². The van der Waals surface area contributed by atoms with Crippen molar-refractivity contribution in [1.82, 2.24) is 20.2 Å². The molecule has 3 aromatic rings. The molecule has 1 aliphatic heterocycles. The molecule has 0 spiro atoms. The molecule has 1 atom stereocenters. The number of aromatic nitrogens is 2. The molecule has 1 aliphatic rings. The first kappa shape index (κ1) is 29.8. The number of benzene rings is 2. The van der Waals surface area contributed by atoms with Crippen LogP contribution in [0.5, 0.6) is 11.5 Å². The van der Waals surface area contributed by atoms with Gasteiger partial charge in [-0.3, -0.25) is 4.79 Å². The van der Waals surface area contributed by atoms with E-state index in [2.05, 4.69) is 50.2 Å². The number of carbonyl (C=O) groups excluding carboxylic acids is 1. The largest absolute Gasteiger partial charge is 0.493 e. The summed E-state index contributed by atoms with van der Waals surface area (Å²) in [6.45, 7) is 9.12. The summed E-state index contributed by atoms with van der Waals surface area (Å²) in [5, 5.41) is 12.5. The van der Waals surface area contributed by atoms with Gasteiger partial charge in [0.2, 0.25) is 0 Å². The molecule has 9 heteroatoms. The number of carbonyl (C=O) groups is 1. The Kier molecular flexibility index (Phi) is 10.1. The van der Waals surface area contributed by atoms with E-state index in [1.165, 1.54) is 6.33 Å². The summed E-state index contributed by atoms with van der Waals surface area (Å²) < 4.78 is 11.1. The number of nitriles is 1. The maximum Gasteiger partial charge on any atom is 0.254 e. The molecule has 9 nitrogen and oxygen atoms in total. The predicted molar refractivity (Wildman–Crippen MR) is 159 cm³/mol. The number of amides is 1. The number of piperidine rings is 1. The standard InChI is InChI=1S/C32H40N6O3/c1-22(11-14-34-32(39)31-23(2)35-21-36-24(31)3)37-15-12-27(13-16-37)38(20-26-8-6-7-25(17-26)19-33)28-9-10-29(40-4)30(18-28)41-5/h6-10,17-18,21-22,27H,11-16,20H2,1-5H3,(H,34,39). The van der Waals surface area contributed by atoms with E-state index in [9.17, 15) is 10.1 Å². The molecule has 4 rings (SSSR count). The average Bonchev–Trinajstić information content (AvgIpc) is 2.99. The Balaban J connectivity index is 1.40. The number of hydrogen-bond acceptors (Lipinski definition) is 8. The van der Waals surface area contributed by atoms with Crippen LogP contribution in [0.25, 0.3) is 0 Å². The van der Waals surface area contributed by atoms with Crippen molar-refractivity contribution in [2.24, 2.45) is 0 Å². The summed E-state index contributed by atoms with van der Waals surface area (Å²) in [6, 6.07) is 16.8. The van der Waals surface area contributed by atoms with Gasteiger partial charge in [-0.15, -0.1) is 0 Å². The lowest BCUT2D eigenvalue weighted by Crippen LogP contribution is -2.48. The summed E-state index contributed by atoms with van der Waals surface area (Å²) in [5.41, 5.74) is 4.79. The lowest BCUT2D eigenvalue weighted by Gasteiger charge is -2.42. The number of aryl methyl sites for hydroxylation is 2. The first-order chi connectivity index (χ1) is 19.8. The Hall–Kier alpha value is -4.16. The Bertz CT molecular complexity index is 1360. The van der Waals surface area contributed by atoms with Crippen molar-refractivity contribution in [3.63, 3.8) is 0 Å². The second-order valence-corrected chi connectivity index (χ2v) is 10.6. The molecular formula is C32H40N6O3. The van der Waals surface area contributed by atoms with E-state index < -0.39 is 0 Å². The van der Waals surface area contributed by atoms with Crippen molar-refractivity contribution in [1.29, 1.82) is 5.26 Å². The minimum absolute atomic E-state index is 0.113. The summed E-state index contributed by atoms with van der Waals surface area (Å²) in [5.74, 6) is 1.28. The normalized spacial score (nSPS) is 14.6. The first-order valence-electron chi connectivity index (χ1n) is 14.1. The van der Waals surface area contributed by atoms with Crippen LogP contribution in [-0.2, 0) is 6.54 Å². The van der Waals surface area contributed by atoms with Gasteiger partial charge in [-0.1, -0.05) is 12.1 Å². The van der Waals surface area contributed by atoms with Crippen molar-refractivity contribution in [2.75, 3.05) is 38.8 Å². The zero-order valence-electron chi connectivity index (χ0n) is 24.7. The molecule has 1 aromatic heterocycles. The Morgan fingerprint density at radius 3 is 2.46 bits per heavy atom. The van der Waals surface area contributed by atoms with Gasteiger partial charge in [-0.05, 0) is 69.9 Å². The zero-order valence-corrected chi connectivity index (χ0v) is 24.7. The minimum Gasteiger partial charge on any atom is -0.493 e. The van der Waals surface area contributed by atoms with Crippen LogP contribution in [-0.4, -0.2) is 66.7 Å². The predicted octanol–water partition coefficient (Wildman–Crippen LogP) is 4.66. The SMILES string of the molecule is COc1ccc(N(Cc2cccc(C#N)c2)C2CCN(C(C)CCNC(=O)c3c(C)ncnc3C)CC2)cc1OC. The molecule has 216 valence electrons. The molecule has 1 N–H and O–H groups in total. The van der Waals surface area contributed by atoms with Crippen LogP contribution in [0.4, 0.5) is 5.69 Å². The third kappa shape index (κ3) is 7.33. The van der Waals surface area contributed by atoms with E-state index in [0.717, 1.165) is 43.6 Å². The molecule has 0 saturated carbocycles. The monoisotopic (exact) mass is 556 g/mol. The fourth-order valence-corrected chi connectivity index (χ4v) is 5.60. The number of nitrogens with one attached hydrogen (secondary N) is 1. The van der Waals surface area contributed by atoms with Crippen molar-refractivity contribution in [2.45, 2.75) is 58.7 Å². The number of methoxy groups -OCH3 is 2. The number of hydrogen-bond donors (Lipinski definition) is 1. The summed E-state index contributed by atoms with van der Waals surface area (Å²) in [7, 11) is 3.30. The number of likely N-dealkylation sites (tertiary alicyclic amines) is 1. The fourth-order valence-electron chi connectivity index (χ4n) is 5.60. The van der Waals surface area contributed by atoms with Gasteiger partial charge in [-0.25, -0.2) is 9.97 Å². The van der Waals surface area contributed by atoms with Gasteiger partial charge in [0.25, 0.3) is 5.91 Å². The smallest absolute Gasteiger partial charge is 0.254 e. The number of ether oxygens (including phenoxy) is 2. The van der Waals surface area contributed by atoms with Crippen molar-refractivity contribution in [3.05, 3.63) is 76.9 Å². The van der Waals surface area contributed by atoms with E-state index in [1.54, 1.807) is 14.2 Å². The summed E-state index contributed by atoms with van der Waals surface area (Å²) in [6.07, 6.45) is 4.36. The zero-order chi connectivity index (χ0) is 29.4. The van der Waals surface area contributed by atoms with Crippen molar-refractivity contribution in [3.8, 4) is 17.6 Å². The van der Waals surface area contributed by atoms with Crippen LogP contribution >= 0.6 is 0 Å². The lowest BCUT2D eigenvalue weighted by molar-refractivity contribution is 0.0943. The minimum atomic E-state index is -0.113. The molecule has 1 saturated heterocycles. The highest BCUT2D eigenvalue weighted by Crippen LogP contribution is 2.34. The molecule has 0 radical (unpaired) electrons. The third-order valence-corrected chi connectivity index (χ3v) is 7.97. The van der Waals surface area contributed by atoms with E-state index in [-0.39, 0.29) is 5.91 Å². The highest BCUT2D eigenvalue weighted by atomic mass is 16.5. The van der Waals surface area contributed by atoms with Crippen molar-refractivity contribution < 1.29 is 14.3 Å². The molecule has 1 unspecified atom stereocenters. The quantitative estimate of drug-likeness (QED) is 0.364. The molecule has 0 aliphatic carbocycles. The number of nitrogens with zero attached hydrogens (tertiary/aromatic N) is 5. The first-order valence-corrected chi connectivity index (χ1v) is 14.1. The van der Waals surface area contributed by atoms with Crippen LogP contribution in [0.15, 0.2) is 48.8 Å². The van der Waals surface area contributed by atoms with Gasteiger partial charge in [0, 0.05) is 50.0 Å². The molecule has 1 amide bonds. The fraction of sp³-hybridized carbons (Fsp3) is 0.438. The van der Waals surface area contributed by atoms with Gasteiger partial charge in [-0.2, -0.15) is 5.26 Å². The van der Waals surface area contributed by atoms with Gasteiger partial charge < -0.3 is 24.6 Å². The lowest BCUT2D eigenvalue weighted by atomic mass is 9.99. The average molecular weight is 557 g/mol. The number of rotatable bonds is 11. The summed E-state index contributed by atoms with van der Waals surface area (Å²) >= 11 is 0. The van der Waals surface area contributed by atoms with Crippen LogP contribution in [0.2, 0.25) is 0 Å². The van der Waals surface area contributed by atoms with E-state index in [0.29, 0.717) is 59.2 Å². The topological polar surface area (TPSA) is 104 Å². The maximum atomic E-state index is 12.7. The van der Waals surface area contributed by atoms with Crippen LogP contribution in [0, 0.1) is 25.2 Å². The molecule has 2 aromatic carbocycles. The number of anilines is 1. The molecule has 0 bridgehead atoms. The second kappa shape index (κ2) is 14.0. The second-order valence-electron chi connectivity index (χ2n) is 10.6. The Labute approximate surface area is 243 Å². The molecular weight excluding hydrogens is 516 g/mol. The Morgan fingerprint density at radius 1 is 1.10 bits per heavy atom. The molecule has 41 heavy (non-hydrogen) atoms.